The molecule has 0 saturated carbocycles. The molecule has 1 heterocycles. The number of rotatable bonds is 5. The van der Waals surface area contributed by atoms with E-state index in [1.165, 1.54) is 5.69 Å². The molecule has 0 saturated heterocycles. The molecule has 0 fully saturated rings. The first-order valence-corrected chi connectivity index (χ1v) is 5.26. The second kappa shape index (κ2) is 5.22. The van der Waals surface area contributed by atoms with Gasteiger partial charge in [-0.25, -0.2) is 4.98 Å². The van der Waals surface area contributed by atoms with Crippen LogP contribution in [0.1, 0.15) is 11.4 Å². The van der Waals surface area contributed by atoms with Crippen molar-refractivity contribution >= 4 is 11.8 Å². The van der Waals surface area contributed by atoms with Crippen LogP contribution >= 0.6 is 11.8 Å². The van der Waals surface area contributed by atoms with Gasteiger partial charge in [0.05, 0.1) is 12.0 Å². The smallest absolute Gasteiger partial charge is 0.0925 e. The molecule has 12 heavy (non-hydrogen) atoms. The molecule has 0 aliphatic heterocycles. The summed E-state index contributed by atoms with van der Waals surface area (Å²) in [6.07, 6.45) is 2.81. The fraction of sp³-hybridized carbons (Fsp3) is 0.625. The van der Waals surface area contributed by atoms with Gasteiger partial charge in [-0.2, -0.15) is 11.8 Å². The van der Waals surface area contributed by atoms with Crippen molar-refractivity contribution in [2.24, 2.45) is 5.73 Å². The minimum Gasteiger partial charge on any atom is -0.348 e. The maximum absolute atomic E-state index is 5.38. The van der Waals surface area contributed by atoms with E-state index in [0.29, 0.717) is 0 Å². The van der Waals surface area contributed by atoms with Crippen molar-refractivity contribution < 1.29 is 0 Å². The second-order valence-corrected chi connectivity index (χ2v) is 3.84. The van der Waals surface area contributed by atoms with Crippen LogP contribution in [0.3, 0.4) is 0 Å². The Morgan fingerprint density at radius 2 is 2.42 bits per heavy atom. The minimum absolute atomic E-state index is 0.770. The van der Waals surface area contributed by atoms with E-state index in [9.17, 15) is 0 Å². The standard InChI is InChI=1S/C8H15N3S/c1-7-8(11-6-10-7)2-4-12-5-3-9/h6H,2-5,9H2,1H3,(H,10,11). The van der Waals surface area contributed by atoms with Gasteiger partial charge < -0.3 is 10.7 Å². The van der Waals surface area contributed by atoms with E-state index < -0.39 is 0 Å². The van der Waals surface area contributed by atoms with Crippen molar-refractivity contribution in [2.45, 2.75) is 13.3 Å². The molecular weight excluding hydrogens is 170 g/mol. The van der Waals surface area contributed by atoms with Crippen molar-refractivity contribution in [1.29, 1.82) is 0 Å². The predicted octanol–water partition coefficient (Wildman–Crippen LogP) is 0.953. The summed E-state index contributed by atoms with van der Waals surface area (Å²) in [5.74, 6) is 2.17. The highest BCUT2D eigenvalue weighted by Crippen LogP contribution is 2.06. The first kappa shape index (κ1) is 9.61. The summed E-state index contributed by atoms with van der Waals surface area (Å²) >= 11 is 1.89. The lowest BCUT2D eigenvalue weighted by Crippen LogP contribution is -2.02. The highest BCUT2D eigenvalue weighted by Gasteiger charge is 1.98. The Bertz CT molecular complexity index is 222. The molecule has 1 aromatic heterocycles. The molecule has 0 atom stereocenters. The molecule has 0 aliphatic rings. The maximum Gasteiger partial charge on any atom is 0.0925 e. The summed E-state index contributed by atoms with van der Waals surface area (Å²) in [7, 11) is 0. The van der Waals surface area contributed by atoms with Gasteiger partial charge >= 0.3 is 0 Å². The topological polar surface area (TPSA) is 54.7 Å². The second-order valence-electron chi connectivity index (χ2n) is 2.62. The number of hydrogen-bond donors (Lipinski definition) is 2. The maximum atomic E-state index is 5.38. The van der Waals surface area contributed by atoms with Crippen LogP contribution in [0.15, 0.2) is 6.33 Å². The Kier molecular flexibility index (Phi) is 4.18. The molecule has 0 bridgehead atoms. The molecule has 68 valence electrons. The normalized spacial score (nSPS) is 10.5. The Labute approximate surface area is 77.1 Å². The number of aromatic amines is 1. The van der Waals surface area contributed by atoms with E-state index in [2.05, 4.69) is 9.97 Å². The van der Waals surface area contributed by atoms with Crippen LogP contribution in [0.25, 0.3) is 0 Å². The van der Waals surface area contributed by atoms with Crippen LogP contribution in [0, 0.1) is 6.92 Å². The van der Waals surface area contributed by atoms with Crippen molar-refractivity contribution in [3.05, 3.63) is 17.7 Å². The zero-order valence-corrected chi connectivity index (χ0v) is 8.16. The van der Waals surface area contributed by atoms with Crippen molar-refractivity contribution in [1.82, 2.24) is 9.97 Å². The summed E-state index contributed by atoms with van der Waals surface area (Å²) in [6.45, 7) is 2.80. The SMILES string of the molecule is Cc1nc[nH]c1CCSCCN. The Morgan fingerprint density at radius 3 is 3.00 bits per heavy atom. The molecule has 0 aliphatic carbocycles. The van der Waals surface area contributed by atoms with Gasteiger partial charge in [0.25, 0.3) is 0 Å². The van der Waals surface area contributed by atoms with Gasteiger partial charge in [0.15, 0.2) is 0 Å². The Balaban J connectivity index is 2.20. The Hall–Kier alpha value is -0.480. The predicted molar refractivity (Wildman–Crippen MR) is 53.4 cm³/mol. The monoisotopic (exact) mass is 185 g/mol. The number of nitrogens with two attached hydrogens (primary N) is 1. The molecule has 4 heteroatoms. The van der Waals surface area contributed by atoms with E-state index >= 15 is 0 Å². The molecule has 3 N–H and O–H groups in total. The van der Waals surface area contributed by atoms with Crippen molar-refractivity contribution in [2.75, 3.05) is 18.1 Å². The molecule has 0 aromatic carbocycles. The number of thioether (sulfide) groups is 1. The van der Waals surface area contributed by atoms with Gasteiger partial charge in [0.2, 0.25) is 0 Å². The van der Waals surface area contributed by atoms with E-state index in [1.54, 1.807) is 6.33 Å². The Morgan fingerprint density at radius 1 is 1.58 bits per heavy atom. The average Bonchev–Trinajstić information content (AvgIpc) is 2.46. The summed E-state index contributed by atoms with van der Waals surface area (Å²) in [5.41, 5.74) is 7.74. The van der Waals surface area contributed by atoms with E-state index in [-0.39, 0.29) is 0 Å². The molecule has 0 radical (unpaired) electrons. The summed E-state index contributed by atoms with van der Waals surface area (Å²) in [5, 5.41) is 0. The summed E-state index contributed by atoms with van der Waals surface area (Å²) in [6, 6.07) is 0. The lowest BCUT2D eigenvalue weighted by atomic mass is 10.3. The first-order valence-electron chi connectivity index (χ1n) is 4.11. The third kappa shape index (κ3) is 2.87. The van der Waals surface area contributed by atoms with Gasteiger partial charge in [-0.3, -0.25) is 0 Å². The zero-order valence-electron chi connectivity index (χ0n) is 7.34. The number of nitrogens with zero attached hydrogens (tertiary/aromatic N) is 1. The fourth-order valence-corrected chi connectivity index (χ4v) is 1.72. The van der Waals surface area contributed by atoms with Crippen LogP contribution in [-0.4, -0.2) is 28.0 Å². The van der Waals surface area contributed by atoms with Crippen molar-refractivity contribution in [3.8, 4) is 0 Å². The van der Waals surface area contributed by atoms with E-state index in [1.807, 2.05) is 18.7 Å². The molecule has 0 amide bonds. The molecule has 0 spiro atoms. The summed E-state index contributed by atoms with van der Waals surface area (Å²) < 4.78 is 0. The van der Waals surface area contributed by atoms with Crippen LogP contribution in [-0.2, 0) is 6.42 Å². The number of hydrogen-bond acceptors (Lipinski definition) is 3. The van der Waals surface area contributed by atoms with E-state index in [0.717, 1.165) is 30.2 Å². The third-order valence-electron chi connectivity index (χ3n) is 1.69. The number of imidazole rings is 1. The number of nitrogens with one attached hydrogen (secondary N) is 1. The number of aryl methyl sites for hydroxylation is 2. The molecule has 1 rings (SSSR count). The zero-order chi connectivity index (χ0) is 8.81. The average molecular weight is 185 g/mol. The van der Waals surface area contributed by atoms with Gasteiger partial charge in [-0.1, -0.05) is 0 Å². The fourth-order valence-electron chi connectivity index (χ4n) is 1.00. The molecule has 1 aromatic rings. The quantitative estimate of drug-likeness (QED) is 0.672. The van der Waals surface area contributed by atoms with Gasteiger partial charge in [-0.05, 0) is 19.1 Å². The number of H-pyrrole nitrogens is 1. The van der Waals surface area contributed by atoms with Gasteiger partial charge in [0, 0.05) is 18.0 Å². The molecular formula is C8H15N3S. The lowest BCUT2D eigenvalue weighted by molar-refractivity contribution is 1.05. The minimum atomic E-state index is 0.770. The first-order chi connectivity index (χ1) is 5.84. The number of aromatic nitrogens is 2. The van der Waals surface area contributed by atoms with Crippen LogP contribution in [0.5, 0.6) is 0 Å². The molecule has 3 nitrogen and oxygen atoms in total. The highest BCUT2D eigenvalue weighted by atomic mass is 32.2. The van der Waals surface area contributed by atoms with Crippen LogP contribution < -0.4 is 5.73 Å². The largest absolute Gasteiger partial charge is 0.348 e. The van der Waals surface area contributed by atoms with Crippen LogP contribution in [0.4, 0.5) is 0 Å². The van der Waals surface area contributed by atoms with Gasteiger partial charge in [0.1, 0.15) is 0 Å². The van der Waals surface area contributed by atoms with Crippen LogP contribution in [0.2, 0.25) is 0 Å². The third-order valence-corrected chi connectivity index (χ3v) is 2.71. The van der Waals surface area contributed by atoms with Gasteiger partial charge in [-0.15, -0.1) is 0 Å². The molecule has 0 unspecified atom stereocenters. The van der Waals surface area contributed by atoms with Crippen molar-refractivity contribution in [3.63, 3.8) is 0 Å². The summed E-state index contributed by atoms with van der Waals surface area (Å²) in [4.78, 5) is 7.25. The van der Waals surface area contributed by atoms with E-state index in [4.69, 9.17) is 5.73 Å². The highest BCUT2D eigenvalue weighted by molar-refractivity contribution is 7.99. The lowest BCUT2D eigenvalue weighted by Gasteiger charge is -1.98.